The number of carbonyl (C=O) groups excluding carboxylic acids is 1. The standard InChI is InChI=1S/C24H28N6O3/c31-23(10-9-21-27-24(28-33-21)18-7-3-1-4-8-18)30-14-11-19(16-30)32-22-15-20(25-17-26-22)29-12-5-2-6-13-29/h1,3-4,7-8,15,17,19H,2,5-6,9-14,16H2. The lowest BCUT2D eigenvalue weighted by molar-refractivity contribution is -0.130. The molecule has 0 spiro atoms. The number of rotatable bonds is 7. The largest absolute Gasteiger partial charge is 0.472 e. The van der Waals surface area contributed by atoms with Gasteiger partial charge in [-0.15, -0.1) is 0 Å². The van der Waals surface area contributed by atoms with E-state index in [1.165, 1.54) is 19.3 Å². The number of anilines is 1. The molecule has 9 heteroatoms. The van der Waals surface area contributed by atoms with Crippen molar-refractivity contribution in [3.8, 4) is 17.3 Å². The normalized spacial score (nSPS) is 18.5. The molecule has 0 bridgehead atoms. The van der Waals surface area contributed by atoms with Crippen molar-refractivity contribution in [3.63, 3.8) is 0 Å². The molecule has 2 saturated heterocycles. The van der Waals surface area contributed by atoms with E-state index < -0.39 is 0 Å². The number of piperidine rings is 1. The second kappa shape index (κ2) is 9.97. The lowest BCUT2D eigenvalue weighted by Gasteiger charge is -2.27. The van der Waals surface area contributed by atoms with Crippen molar-refractivity contribution in [2.24, 2.45) is 0 Å². The fraction of sp³-hybridized carbons (Fsp3) is 0.458. The lowest BCUT2D eigenvalue weighted by atomic mass is 10.1. The van der Waals surface area contributed by atoms with Crippen molar-refractivity contribution in [2.45, 2.75) is 44.6 Å². The molecule has 3 aromatic rings. The second-order valence-corrected chi connectivity index (χ2v) is 8.51. The molecule has 1 amide bonds. The summed E-state index contributed by atoms with van der Waals surface area (Å²) in [5.41, 5.74) is 0.895. The molecule has 2 aliphatic heterocycles. The Morgan fingerprint density at radius 1 is 1.09 bits per heavy atom. The summed E-state index contributed by atoms with van der Waals surface area (Å²) in [6.45, 7) is 3.28. The smallest absolute Gasteiger partial charge is 0.227 e. The third-order valence-electron chi connectivity index (χ3n) is 6.15. The average molecular weight is 449 g/mol. The van der Waals surface area contributed by atoms with Crippen LogP contribution < -0.4 is 9.64 Å². The van der Waals surface area contributed by atoms with Gasteiger partial charge < -0.3 is 19.1 Å². The Morgan fingerprint density at radius 3 is 2.79 bits per heavy atom. The highest BCUT2D eigenvalue weighted by Gasteiger charge is 2.28. The first-order valence-corrected chi connectivity index (χ1v) is 11.6. The number of aryl methyl sites for hydroxylation is 1. The summed E-state index contributed by atoms with van der Waals surface area (Å²) in [5, 5.41) is 4.02. The van der Waals surface area contributed by atoms with E-state index in [4.69, 9.17) is 9.26 Å². The van der Waals surface area contributed by atoms with Crippen LogP contribution in [0.15, 0.2) is 47.2 Å². The molecule has 1 unspecified atom stereocenters. The van der Waals surface area contributed by atoms with Crippen molar-refractivity contribution in [1.82, 2.24) is 25.0 Å². The van der Waals surface area contributed by atoms with E-state index in [0.29, 0.717) is 43.5 Å². The fourth-order valence-corrected chi connectivity index (χ4v) is 4.34. The maximum Gasteiger partial charge on any atom is 0.227 e. The average Bonchev–Trinajstić information content (AvgIpc) is 3.54. The molecular formula is C24H28N6O3. The molecule has 2 fully saturated rings. The third-order valence-corrected chi connectivity index (χ3v) is 6.15. The van der Waals surface area contributed by atoms with Crippen LogP contribution in [0.25, 0.3) is 11.4 Å². The fourth-order valence-electron chi connectivity index (χ4n) is 4.34. The first kappa shape index (κ1) is 21.4. The zero-order valence-corrected chi connectivity index (χ0v) is 18.6. The first-order valence-electron chi connectivity index (χ1n) is 11.6. The summed E-state index contributed by atoms with van der Waals surface area (Å²) in [5.74, 6) is 2.57. The lowest BCUT2D eigenvalue weighted by Crippen LogP contribution is -2.31. The molecule has 4 heterocycles. The molecule has 0 N–H and O–H groups in total. The van der Waals surface area contributed by atoms with Gasteiger partial charge in [0.1, 0.15) is 18.2 Å². The van der Waals surface area contributed by atoms with E-state index in [0.717, 1.165) is 30.9 Å². The minimum absolute atomic E-state index is 0.0638. The molecule has 2 aromatic heterocycles. The number of amides is 1. The maximum atomic E-state index is 12.7. The number of hydrogen-bond acceptors (Lipinski definition) is 8. The number of benzene rings is 1. The Labute approximate surface area is 192 Å². The summed E-state index contributed by atoms with van der Waals surface area (Å²) in [6.07, 6.45) is 6.69. The van der Waals surface area contributed by atoms with Crippen LogP contribution in [-0.4, -0.2) is 63.2 Å². The Hall–Kier alpha value is -3.49. The van der Waals surface area contributed by atoms with Gasteiger partial charge in [0.25, 0.3) is 0 Å². The molecule has 9 nitrogen and oxygen atoms in total. The topological polar surface area (TPSA) is 97.5 Å². The molecule has 1 atom stereocenters. The van der Waals surface area contributed by atoms with E-state index in [2.05, 4.69) is 25.0 Å². The van der Waals surface area contributed by atoms with Gasteiger partial charge in [-0.05, 0) is 19.3 Å². The molecule has 5 rings (SSSR count). The van der Waals surface area contributed by atoms with E-state index in [1.54, 1.807) is 6.33 Å². The van der Waals surface area contributed by atoms with Crippen LogP contribution in [0, 0.1) is 0 Å². The van der Waals surface area contributed by atoms with E-state index in [1.807, 2.05) is 41.3 Å². The van der Waals surface area contributed by atoms with Gasteiger partial charge >= 0.3 is 0 Å². The highest BCUT2D eigenvalue weighted by atomic mass is 16.5. The van der Waals surface area contributed by atoms with Crippen LogP contribution >= 0.6 is 0 Å². The van der Waals surface area contributed by atoms with Crippen molar-refractivity contribution >= 4 is 11.7 Å². The van der Waals surface area contributed by atoms with Crippen molar-refractivity contribution in [1.29, 1.82) is 0 Å². The van der Waals surface area contributed by atoms with Crippen LogP contribution in [0.4, 0.5) is 5.82 Å². The second-order valence-electron chi connectivity index (χ2n) is 8.51. The van der Waals surface area contributed by atoms with Crippen LogP contribution in [-0.2, 0) is 11.2 Å². The third kappa shape index (κ3) is 5.30. The Kier molecular flexibility index (Phi) is 6.46. The maximum absolute atomic E-state index is 12.7. The zero-order chi connectivity index (χ0) is 22.5. The van der Waals surface area contributed by atoms with E-state index >= 15 is 0 Å². The molecule has 2 aliphatic rings. The monoisotopic (exact) mass is 448 g/mol. The number of nitrogens with zero attached hydrogens (tertiary/aromatic N) is 6. The molecule has 0 aliphatic carbocycles. The summed E-state index contributed by atoms with van der Waals surface area (Å²) in [7, 11) is 0. The molecule has 172 valence electrons. The Bertz CT molecular complexity index is 1070. The van der Waals surface area contributed by atoms with Crippen molar-refractivity contribution in [2.75, 3.05) is 31.1 Å². The highest BCUT2D eigenvalue weighted by molar-refractivity contribution is 5.76. The van der Waals surface area contributed by atoms with Gasteiger partial charge in [0.15, 0.2) is 0 Å². The highest BCUT2D eigenvalue weighted by Crippen LogP contribution is 2.23. The predicted molar refractivity (Wildman–Crippen MR) is 122 cm³/mol. The van der Waals surface area contributed by atoms with Gasteiger partial charge in [-0.2, -0.15) is 4.98 Å². The number of hydrogen-bond donors (Lipinski definition) is 0. The van der Waals surface area contributed by atoms with Gasteiger partial charge in [0, 0.05) is 50.5 Å². The summed E-state index contributed by atoms with van der Waals surface area (Å²) >= 11 is 0. The molecule has 1 aromatic carbocycles. The minimum Gasteiger partial charge on any atom is -0.472 e. The van der Waals surface area contributed by atoms with Gasteiger partial charge in [0.2, 0.25) is 23.5 Å². The summed E-state index contributed by atoms with van der Waals surface area (Å²) in [6, 6.07) is 11.6. The van der Waals surface area contributed by atoms with Gasteiger partial charge in [-0.1, -0.05) is 35.5 Å². The first-order chi connectivity index (χ1) is 16.2. The van der Waals surface area contributed by atoms with Gasteiger partial charge in [0.05, 0.1) is 6.54 Å². The molecule has 0 saturated carbocycles. The van der Waals surface area contributed by atoms with Gasteiger partial charge in [-0.25, -0.2) is 9.97 Å². The Balaban J connectivity index is 1.11. The van der Waals surface area contributed by atoms with E-state index in [-0.39, 0.29) is 12.0 Å². The zero-order valence-electron chi connectivity index (χ0n) is 18.6. The molecular weight excluding hydrogens is 420 g/mol. The van der Waals surface area contributed by atoms with Crippen LogP contribution in [0.2, 0.25) is 0 Å². The number of likely N-dealkylation sites (tertiary alicyclic amines) is 1. The molecule has 33 heavy (non-hydrogen) atoms. The number of ether oxygens (including phenoxy) is 1. The van der Waals surface area contributed by atoms with E-state index in [9.17, 15) is 4.79 Å². The predicted octanol–water partition coefficient (Wildman–Crippen LogP) is 3.13. The summed E-state index contributed by atoms with van der Waals surface area (Å²) < 4.78 is 11.4. The van der Waals surface area contributed by atoms with Gasteiger partial charge in [-0.3, -0.25) is 4.79 Å². The number of carbonyl (C=O) groups is 1. The summed E-state index contributed by atoms with van der Waals surface area (Å²) in [4.78, 5) is 29.9. The van der Waals surface area contributed by atoms with Crippen LogP contribution in [0.3, 0.4) is 0 Å². The Morgan fingerprint density at radius 2 is 1.94 bits per heavy atom. The number of aromatic nitrogens is 4. The van der Waals surface area contributed by atoms with Crippen LogP contribution in [0.5, 0.6) is 5.88 Å². The SMILES string of the molecule is O=C(CCc1nc(-c2ccccc2)no1)N1CCC(Oc2cc(N3CCCCC3)ncn2)C1. The van der Waals surface area contributed by atoms with Crippen molar-refractivity contribution in [3.05, 3.63) is 48.6 Å². The minimum atomic E-state index is -0.0638. The molecule has 0 radical (unpaired) electrons. The quantitative estimate of drug-likeness (QED) is 0.544. The van der Waals surface area contributed by atoms with Crippen LogP contribution in [0.1, 0.15) is 38.0 Å². The van der Waals surface area contributed by atoms with Crippen molar-refractivity contribution < 1.29 is 14.1 Å².